The van der Waals surface area contributed by atoms with Crippen molar-refractivity contribution >= 4 is 0 Å². The van der Waals surface area contributed by atoms with Gasteiger partial charge >= 0.3 is 0 Å². The zero-order chi connectivity index (χ0) is 13.5. The number of aliphatic hydroxyl groups is 1. The van der Waals surface area contributed by atoms with Gasteiger partial charge in [0.15, 0.2) is 0 Å². The molecule has 102 valence electrons. The number of hydrogen-bond acceptors (Lipinski definition) is 3. The lowest BCUT2D eigenvalue weighted by Gasteiger charge is -2.21. The number of benzene rings is 1. The molecule has 0 saturated carbocycles. The number of aliphatic hydroxyl groups excluding tert-OH is 1. The molecule has 2 rings (SSSR count). The van der Waals surface area contributed by atoms with Gasteiger partial charge in [0.05, 0.1) is 12.9 Å². The maximum absolute atomic E-state index is 9.48. The van der Waals surface area contributed by atoms with E-state index in [9.17, 15) is 5.11 Å². The third-order valence-corrected chi connectivity index (χ3v) is 3.15. The maximum atomic E-state index is 9.48. The predicted octanol–water partition coefficient (Wildman–Crippen LogP) is 2.40. The third kappa shape index (κ3) is 4.54. The first-order valence-electron chi connectivity index (χ1n) is 6.71. The van der Waals surface area contributed by atoms with E-state index in [1.54, 1.807) is 6.26 Å². The van der Waals surface area contributed by atoms with E-state index < -0.39 is 0 Å². The van der Waals surface area contributed by atoms with E-state index in [0.29, 0.717) is 0 Å². The molecule has 2 aromatic rings. The van der Waals surface area contributed by atoms with E-state index >= 15 is 0 Å². The van der Waals surface area contributed by atoms with Crippen molar-refractivity contribution in [1.82, 2.24) is 5.32 Å². The molecule has 0 spiro atoms. The minimum atomic E-state index is 0.0763. The molecular formula is C16H21NO2. The summed E-state index contributed by atoms with van der Waals surface area (Å²) in [6.07, 6.45) is 3.35. The molecule has 0 aliphatic carbocycles. The second-order valence-electron chi connectivity index (χ2n) is 4.92. The molecular weight excluding hydrogens is 238 g/mol. The highest BCUT2D eigenvalue weighted by atomic mass is 16.3. The Balaban J connectivity index is 1.84. The van der Waals surface area contributed by atoms with Crippen LogP contribution in [0.25, 0.3) is 0 Å². The molecule has 3 nitrogen and oxygen atoms in total. The van der Waals surface area contributed by atoms with Crippen LogP contribution < -0.4 is 5.32 Å². The van der Waals surface area contributed by atoms with Crippen LogP contribution in [-0.2, 0) is 12.8 Å². The van der Waals surface area contributed by atoms with Gasteiger partial charge in [0.1, 0.15) is 5.76 Å². The Hall–Kier alpha value is -1.58. The van der Waals surface area contributed by atoms with Crippen molar-refractivity contribution in [2.24, 2.45) is 0 Å². The molecule has 0 bridgehead atoms. The Bertz CT molecular complexity index is 453. The highest BCUT2D eigenvalue weighted by Crippen LogP contribution is 2.07. The molecule has 2 atom stereocenters. The second-order valence-corrected chi connectivity index (χ2v) is 4.92. The molecule has 0 radical (unpaired) electrons. The van der Waals surface area contributed by atoms with E-state index in [1.807, 2.05) is 30.3 Å². The Morgan fingerprint density at radius 2 is 1.89 bits per heavy atom. The summed E-state index contributed by atoms with van der Waals surface area (Å²) in [5.74, 6) is 0.969. The smallest absolute Gasteiger partial charge is 0.105 e. The molecule has 3 heteroatoms. The first-order valence-corrected chi connectivity index (χ1v) is 6.71. The molecule has 19 heavy (non-hydrogen) atoms. The van der Waals surface area contributed by atoms with Gasteiger partial charge in [0.25, 0.3) is 0 Å². The summed E-state index contributed by atoms with van der Waals surface area (Å²) in [7, 11) is 0. The van der Waals surface area contributed by atoms with Crippen molar-refractivity contribution in [2.75, 3.05) is 6.61 Å². The standard InChI is InChI=1S/C16H21NO2/c1-13(10-16-8-5-9-19-16)17-15(12-18)11-14-6-3-2-4-7-14/h2-9,13,15,17-18H,10-12H2,1H3/t13?,15-/m0/s1. The van der Waals surface area contributed by atoms with E-state index in [1.165, 1.54) is 5.56 Å². The van der Waals surface area contributed by atoms with E-state index in [0.717, 1.165) is 18.6 Å². The molecule has 2 N–H and O–H groups in total. The van der Waals surface area contributed by atoms with Crippen LogP contribution in [0.4, 0.5) is 0 Å². The fourth-order valence-electron chi connectivity index (χ4n) is 2.27. The fraction of sp³-hybridized carbons (Fsp3) is 0.375. The molecule has 1 aromatic carbocycles. The number of hydrogen-bond donors (Lipinski definition) is 2. The molecule has 0 fully saturated rings. The monoisotopic (exact) mass is 259 g/mol. The van der Waals surface area contributed by atoms with Crippen LogP contribution in [0.15, 0.2) is 53.1 Å². The minimum absolute atomic E-state index is 0.0763. The largest absolute Gasteiger partial charge is 0.469 e. The number of furan rings is 1. The number of nitrogens with one attached hydrogen (secondary N) is 1. The summed E-state index contributed by atoms with van der Waals surface area (Å²) in [6.45, 7) is 2.24. The van der Waals surface area contributed by atoms with Crippen LogP contribution in [0.5, 0.6) is 0 Å². The Labute approximate surface area is 114 Å². The van der Waals surface area contributed by atoms with Crippen LogP contribution in [0.1, 0.15) is 18.2 Å². The van der Waals surface area contributed by atoms with Crippen molar-refractivity contribution in [2.45, 2.75) is 31.8 Å². The zero-order valence-electron chi connectivity index (χ0n) is 11.3. The quantitative estimate of drug-likeness (QED) is 0.802. The Morgan fingerprint density at radius 3 is 2.53 bits per heavy atom. The molecule has 1 aromatic heterocycles. The van der Waals surface area contributed by atoms with E-state index in [-0.39, 0.29) is 18.7 Å². The van der Waals surface area contributed by atoms with Crippen molar-refractivity contribution < 1.29 is 9.52 Å². The summed E-state index contributed by atoms with van der Waals surface area (Å²) in [6, 6.07) is 14.4. The van der Waals surface area contributed by atoms with Gasteiger partial charge in [-0.3, -0.25) is 0 Å². The predicted molar refractivity (Wildman–Crippen MR) is 76.0 cm³/mol. The fourth-order valence-corrected chi connectivity index (χ4v) is 2.27. The highest BCUT2D eigenvalue weighted by molar-refractivity contribution is 5.16. The van der Waals surface area contributed by atoms with Gasteiger partial charge in [-0.2, -0.15) is 0 Å². The summed E-state index contributed by atoms with van der Waals surface area (Å²) < 4.78 is 5.34. The lowest BCUT2D eigenvalue weighted by molar-refractivity contribution is 0.230. The van der Waals surface area contributed by atoms with Crippen LogP contribution in [0.3, 0.4) is 0 Å². The van der Waals surface area contributed by atoms with Crippen LogP contribution >= 0.6 is 0 Å². The topological polar surface area (TPSA) is 45.4 Å². The molecule has 0 amide bonds. The first-order chi connectivity index (χ1) is 9.28. The van der Waals surface area contributed by atoms with Crippen LogP contribution in [0, 0.1) is 0 Å². The zero-order valence-corrected chi connectivity index (χ0v) is 11.3. The average molecular weight is 259 g/mol. The third-order valence-electron chi connectivity index (χ3n) is 3.15. The summed E-state index contributed by atoms with van der Waals surface area (Å²) in [5, 5.41) is 12.9. The molecule has 0 saturated heterocycles. The Kier molecular flexibility index (Phi) is 5.19. The summed E-state index contributed by atoms with van der Waals surface area (Å²) in [4.78, 5) is 0. The second kappa shape index (κ2) is 7.12. The van der Waals surface area contributed by atoms with Crippen LogP contribution in [0.2, 0.25) is 0 Å². The highest BCUT2D eigenvalue weighted by Gasteiger charge is 2.13. The van der Waals surface area contributed by atoms with Gasteiger partial charge in [-0.25, -0.2) is 0 Å². The average Bonchev–Trinajstić information content (AvgIpc) is 2.92. The minimum Gasteiger partial charge on any atom is -0.469 e. The van der Waals surface area contributed by atoms with Crippen LogP contribution in [-0.4, -0.2) is 23.8 Å². The van der Waals surface area contributed by atoms with E-state index in [2.05, 4.69) is 24.4 Å². The lowest BCUT2D eigenvalue weighted by atomic mass is 10.0. The summed E-state index contributed by atoms with van der Waals surface area (Å²) in [5.41, 5.74) is 1.24. The summed E-state index contributed by atoms with van der Waals surface area (Å²) >= 11 is 0. The van der Waals surface area contributed by atoms with Crippen molar-refractivity contribution in [3.8, 4) is 0 Å². The first kappa shape index (κ1) is 13.8. The van der Waals surface area contributed by atoms with Crippen molar-refractivity contribution in [3.63, 3.8) is 0 Å². The van der Waals surface area contributed by atoms with Gasteiger partial charge in [-0.1, -0.05) is 30.3 Å². The Morgan fingerprint density at radius 1 is 1.11 bits per heavy atom. The molecule has 0 aliphatic heterocycles. The molecule has 1 heterocycles. The van der Waals surface area contributed by atoms with Gasteiger partial charge < -0.3 is 14.8 Å². The lowest BCUT2D eigenvalue weighted by Crippen LogP contribution is -2.41. The van der Waals surface area contributed by atoms with Gasteiger partial charge in [0.2, 0.25) is 0 Å². The normalized spacial score (nSPS) is 14.2. The van der Waals surface area contributed by atoms with Gasteiger partial charge in [-0.15, -0.1) is 0 Å². The van der Waals surface area contributed by atoms with E-state index in [4.69, 9.17) is 4.42 Å². The van der Waals surface area contributed by atoms with Crippen molar-refractivity contribution in [1.29, 1.82) is 0 Å². The van der Waals surface area contributed by atoms with Crippen molar-refractivity contribution in [3.05, 3.63) is 60.1 Å². The SMILES string of the molecule is CC(Cc1ccco1)N[C@H](CO)Cc1ccccc1. The van der Waals surface area contributed by atoms with Gasteiger partial charge in [0, 0.05) is 18.5 Å². The molecule has 0 aliphatic rings. The number of rotatable bonds is 7. The van der Waals surface area contributed by atoms with Gasteiger partial charge in [-0.05, 0) is 31.0 Å². The molecule has 1 unspecified atom stereocenters. The maximum Gasteiger partial charge on any atom is 0.105 e.